The minimum Gasteiger partial charge on any atom is -0.497 e. The van der Waals surface area contributed by atoms with E-state index in [0.717, 1.165) is 10.5 Å². The molecule has 5 nitrogen and oxygen atoms in total. The molecule has 0 aliphatic heterocycles. The second kappa shape index (κ2) is 6.61. The Morgan fingerprint density at radius 1 is 1.23 bits per heavy atom. The van der Waals surface area contributed by atoms with E-state index in [9.17, 15) is 9.18 Å². The summed E-state index contributed by atoms with van der Waals surface area (Å²) in [7, 11) is 1.55. The summed E-state index contributed by atoms with van der Waals surface area (Å²) >= 11 is 1.46. The van der Waals surface area contributed by atoms with Gasteiger partial charge in [-0.25, -0.2) is 9.37 Å². The third kappa shape index (κ3) is 2.93. The standard InChI is InChI=1S/C19H14FN3O2S/c1-25-15-4-2-3-13(11-15)18(24)22-17-16(12-5-7-14(20)8-6-12)21-19-23(17)9-10-26-19/h2-11H,1H3,(H,22,24). The van der Waals surface area contributed by atoms with Crippen LogP contribution in [0.1, 0.15) is 10.4 Å². The molecule has 0 bridgehead atoms. The Kier molecular flexibility index (Phi) is 4.14. The highest BCUT2D eigenvalue weighted by atomic mass is 32.1. The van der Waals surface area contributed by atoms with E-state index in [-0.39, 0.29) is 11.7 Å². The average Bonchev–Trinajstić information content (AvgIpc) is 3.25. The van der Waals surface area contributed by atoms with Gasteiger partial charge in [-0.05, 0) is 42.5 Å². The van der Waals surface area contributed by atoms with E-state index in [0.29, 0.717) is 22.8 Å². The first-order valence-electron chi connectivity index (χ1n) is 7.82. The van der Waals surface area contributed by atoms with E-state index in [1.807, 2.05) is 11.6 Å². The number of fused-ring (bicyclic) bond motifs is 1. The fourth-order valence-corrected chi connectivity index (χ4v) is 3.37. The number of thiazole rings is 1. The van der Waals surface area contributed by atoms with Crippen molar-refractivity contribution in [3.05, 3.63) is 71.5 Å². The fourth-order valence-electron chi connectivity index (χ4n) is 2.66. The van der Waals surface area contributed by atoms with Crippen molar-refractivity contribution in [2.45, 2.75) is 0 Å². The van der Waals surface area contributed by atoms with Crippen LogP contribution in [0.5, 0.6) is 5.75 Å². The summed E-state index contributed by atoms with van der Waals surface area (Å²) in [5.41, 5.74) is 1.79. The fraction of sp³-hybridized carbons (Fsp3) is 0.0526. The van der Waals surface area contributed by atoms with Crippen LogP contribution in [-0.2, 0) is 0 Å². The molecule has 0 aliphatic rings. The summed E-state index contributed by atoms with van der Waals surface area (Å²) < 4.78 is 20.2. The van der Waals surface area contributed by atoms with Gasteiger partial charge in [-0.3, -0.25) is 9.20 Å². The molecule has 0 saturated carbocycles. The lowest BCUT2D eigenvalue weighted by atomic mass is 10.1. The van der Waals surface area contributed by atoms with Crippen molar-refractivity contribution in [1.29, 1.82) is 0 Å². The number of rotatable bonds is 4. The zero-order valence-corrected chi connectivity index (χ0v) is 14.6. The summed E-state index contributed by atoms with van der Waals surface area (Å²) in [5, 5.41) is 4.81. The summed E-state index contributed by atoms with van der Waals surface area (Å²) in [6.07, 6.45) is 1.83. The van der Waals surface area contributed by atoms with Gasteiger partial charge >= 0.3 is 0 Å². The van der Waals surface area contributed by atoms with Crippen molar-refractivity contribution < 1.29 is 13.9 Å². The predicted octanol–water partition coefficient (Wildman–Crippen LogP) is 4.46. The average molecular weight is 367 g/mol. The number of hydrogen-bond donors (Lipinski definition) is 1. The van der Waals surface area contributed by atoms with E-state index < -0.39 is 0 Å². The highest BCUT2D eigenvalue weighted by Gasteiger charge is 2.18. The summed E-state index contributed by atoms with van der Waals surface area (Å²) in [4.78, 5) is 18.0. The molecular formula is C19H14FN3O2S. The van der Waals surface area contributed by atoms with Gasteiger partial charge in [-0.1, -0.05) is 6.07 Å². The highest BCUT2D eigenvalue weighted by Crippen LogP contribution is 2.31. The molecule has 26 heavy (non-hydrogen) atoms. The smallest absolute Gasteiger partial charge is 0.256 e. The van der Waals surface area contributed by atoms with Crippen LogP contribution in [0.4, 0.5) is 10.2 Å². The molecule has 0 fully saturated rings. The summed E-state index contributed by atoms with van der Waals surface area (Å²) in [6.45, 7) is 0. The van der Waals surface area contributed by atoms with Crippen LogP contribution in [-0.4, -0.2) is 22.4 Å². The van der Waals surface area contributed by atoms with E-state index >= 15 is 0 Å². The maximum absolute atomic E-state index is 13.2. The first-order valence-corrected chi connectivity index (χ1v) is 8.70. The summed E-state index contributed by atoms with van der Waals surface area (Å²) in [5.74, 6) is 0.544. The zero-order valence-electron chi connectivity index (χ0n) is 13.8. The number of hydrogen-bond acceptors (Lipinski definition) is 4. The number of carbonyl (C=O) groups is 1. The molecule has 130 valence electrons. The molecule has 0 atom stereocenters. The van der Waals surface area contributed by atoms with Crippen molar-refractivity contribution in [3.8, 4) is 17.0 Å². The number of ether oxygens (including phenoxy) is 1. The predicted molar refractivity (Wildman–Crippen MR) is 99.4 cm³/mol. The Morgan fingerprint density at radius 2 is 2.04 bits per heavy atom. The van der Waals surface area contributed by atoms with Crippen molar-refractivity contribution in [2.24, 2.45) is 0 Å². The van der Waals surface area contributed by atoms with Crippen LogP contribution in [0.15, 0.2) is 60.1 Å². The maximum Gasteiger partial charge on any atom is 0.256 e. The minimum atomic E-state index is -0.322. The Hall–Kier alpha value is -3.19. The third-order valence-electron chi connectivity index (χ3n) is 3.94. The molecule has 4 aromatic rings. The van der Waals surface area contributed by atoms with Gasteiger partial charge in [0.25, 0.3) is 5.91 Å². The van der Waals surface area contributed by atoms with Crippen LogP contribution in [0.3, 0.4) is 0 Å². The van der Waals surface area contributed by atoms with Gasteiger partial charge in [0.2, 0.25) is 0 Å². The van der Waals surface area contributed by atoms with Gasteiger partial charge in [-0.2, -0.15) is 0 Å². The zero-order chi connectivity index (χ0) is 18.1. The molecule has 0 radical (unpaired) electrons. The monoisotopic (exact) mass is 367 g/mol. The van der Waals surface area contributed by atoms with E-state index in [1.165, 1.54) is 23.5 Å². The Bertz CT molecular complexity index is 1090. The van der Waals surface area contributed by atoms with Crippen LogP contribution < -0.4 is 10.1 Å². The Morgan fingerprint density at radius 3 is 2.81 bits per heavy atom. The molecule has 2 heterocycles. The van der Waals surface area contributed by atoms with Gasteiger partial charge in [0.1, 0.15) is 23.1 Å². The first-order chi connectivity index (χ1) is 12.7. The van der Waals surface area contributed by atoms with Gasteiger partial charge < -0.3 is 10.1 Å². The first kappa shape index (κ1) is 16.3. The molecule has 0 aliphatic carbocycles. The van der Waals surface area contributed by atoms with Gasteiger partial charge in [0.15, 0.2) is 4.96 Å². The van der Waals surface area contributed by atoms with Crippen molar-refractivity contribution in [2.75, 3.05) is 12.4 Å². The molecule has 0 unspecified atom stereocenters. The molecule has 0 saturated heterocycles. The number of methoxy groups -OCH3 is 1. The molecule has 2 aromatic heterocycles. The number of nitrogens with zero attached hydrogens (tertiary/aromatic N) is 2. The summed E-state index contributed by atoms with van der Waals surface area (Å²) in [6, 6.07) is 12.9. The van der Waals surface area contributed by atoms with Crippen LogP contribution in [0.2, 0.25) is 0 Å². The highest BCUT2D eigenvalue weighted by molar-refractivity contribution is 7.15. The lowest BCUT2D eigenvalue weighted by molar-refractivity contribution is 0.102. The molecule has 1 N–H and O–H groups in total. The molecule has 7 heteroatoms. The van der Waals surface area contributed by atoms with Crippen LogP contribution in [0, 0.1) is 5.82 Å². The molecular weight excluding hydrogens is 353 g/mol. The lowest BCUT2D eigenvalue weighted by Gasteiger charge is -2.08. The minimum absolute atomic E-state index is 0.278. The van der Waals surface area contributed by atoms with Gasteiger partial charge in [0, 0.05) is 22.7 Å². The number of carbonyl (C=O) groups excluding carboxylic acids is 1. The second-order valence-electron chi connectivity index (χ2n) is 5.56. The quantitative estimate of drug-likeness (QED) is 0.579. The van der Waals surface area contributed by atoms with Crippen molar-refractivity contribution >= 4 is 28.0 Å². The number of nitrogens with one attached hydrogen (secondary N) is 1. The maximum atomic E-state index is 13.2. The van der Waals surface area contributed by atoms with E-state index in [4.69, 9.17) is 4.74 Å². The van der Waals surface area contributed by atoms with Gasteiger partial charge in [0.05, 0.1) is 7.11 Å². The number of benzene rings is 2. The van der Waals surface area contributed by atoms with Crippen molar-refractivity contribution in [1.82, 2.24) is 9.38 Å². The van der Waals surface area contributed by atoms with E-state index in [2.05, 4.69) is 10.3 Å². The number of imidazole rings is 1. The van der Waals surface area contributed by atoms with Gasteiger partial charge in [-0.15, -0.1) is 11.3 Å². The Balaban J connectivity index is 1.75. The van der Waals surface area contributed by atoms with Crippen LogP contribution in [0.25, 0.3) is 16.2 Å². The number of aromatic nitrogens is 2. The Labute approximate surface area is 152 Å². The van der Waals surface area contributed by atoms with Crippen LogP contribution >= 0.6 is 11.3 Å². The molecule has 2 aromatic carbocycles. The lowest BCUT2D eigenvalue weighted by Crippen LogP contribution is -2.14. The third-order valence-corrected chi connectivity index (χ3v) is 4.70. The number of halogens is 1. The molecule has 1 amide bonds. The topological polar surface area (TPSA) is 55.6 Å². The largest absolute Gasteiger partial charge is 0.497 e. The SMILES string of the molecule is COc1cccc(C(=O)Nc2c(-c3ccc(F)cc3)nc3sccn23)c1. The molecule has 0 spiro atoms. The van der Waals surface area contributed by atoms with Crippen molar-refractivity contribution in [3.63, 3.8) is 0 Å². The normalized spacial score (nSPS) is 10.8. The van der Waals surface area contributed by atoms with E-state index in [1.54, 1.807) is 47.9 Å². The second-order valence-corrected chi connectivity index (χ2v) is 6.43. The number of anilines is 1. The number of amides is 1. The molecule has 4 rings (SSSR count).